The number of hydrogen-bond donors (Lipinski definition) is 3. The number of aliphatic hydroxyl groups excluding tert-OH is 1. The second kappa shape index (κ2) is 69.4. The van der Waals surface area contributed by atoms with Crippen LogP contribution < -0.4 is 0 Å². The maximum atomic E-state index is 13.1. The summed E-state index contributed by atoms with van der Waals surface area (Å²) in [5, 5.41) is 10.6. The van der Waals surface area contributed by atoms with Gasteiger partial charge in [0.1, 0.15) is 19.3 Å². The Morgan fingerprint density at radius 3 is 0.776 bits per heavy atom. The first-order valence-corrected chi connectivity index (χ1v) is 43.9. The lowest BCUT2D eigenvalue weighted by molar-refractivity contribution is -0.161. The molecule has 582 valence electrons. The lowest BCUT2D eigenvalue weighted by atomic mass is 10.00. The van der Waals surface area contributed by atoms with Crippen molar-refractivity contribution in [2.75, 3.05) is 39.6 Å². The summed E-state index contributed by atoms with van der Waals surface area (Å²) in [4.78, 5) is 72.9. The van der Waals surface area contributed by atoms with Crippen molar-refractivity contribution in [1.29, 1.82) is 0 Å². The summed E-state index contributed by atoms with van der Waals surface area (Å²) >= 11 is 0. The number of hydrogen-bond acceptors (Lipinski definition) is 15. The van der Waals surface area contributed by atoms with Gasteiger partial charge >= 0.3 is 39.5 Å². The number of phosphoric acid groups is 2. The molecular formula is C79H154O17P2. The molecule has 0 fully saturated rings. The minimum absolute atomic E-state index is 0.107. The topological polar surface area (TPSA) is 237 Å². The van der Waals surface area contributed by atoms with Gasteiger partial charge < -0.3 is 33.8 Å². The standard InChI is InChI=1S/C79H154O17P2/c1-8-10-11-12-13-14-15-16-23-29-34-39-48-55-62-79(84)96-75(67-90-77(82)61-54-47-42-41-45-52-59-72(7)9-2)69-94-98(87,88)92-65-73(80)64-91-97(85,86)93-68-74(66-89-76(81)60-53-46-38-33-28-25-20-22-27-32-37-44-51-58-71(5)6)95-78(83)63-56-49-40-35-30-24-19-17-18-21-26-31-36-43-50-57-70(3)4/h70-75,80H,8-69H2,1-7H3,(H,85,86)(H,87,88)/t72?,73-,74-,75-/m1/s1. The van der Waals surface area contributed by atoms with Crippen molar-refractivity contribution < 1.29 is 80.2 Å². The molecule has 0 bridgehead atoms. The summed E-state index contributed by atoms with van der Waals surface area (Å²) in [5.41, 5.74) is 0. The maximum Gasteiger partial charge on any atom is 0.472 e. The van der Waals surface area contributed by atoms with Crippen LogP contribution in [0.5, 0.6) is 0 Å². The van der Waals surface area contributed by atoms with Crippen LogP contribution in [-0.4, -0.2) is 96.7 Å². The zero-order chi connectivity index (χ0) is 72.3. The first-order chi connectivity index (χ1) is 47.3. The molecule has 19 heteroatoms. The van der Waals surface area contributed by atoms with Crippen molar-refractivity contribution in [3.63, 3.8) is 0 Å². The molecule has 0 heterocycles. The molecule has 0 aromatic heterocycles. The van der Waals surface area contributed by atoms with Gasteiger partial charge in [0.05, 0.1) is 26.4 Å². The largest absolute Gasteiger partial charge is 0.472 e. The summed E-state index contributed by atoms with van der Waals surface area (Å²) in [5.74, 6) is 0.212. The summed E-state index contributed by atoms with van der Waals surface area (Å²) in [6.07, 6.45) is 56.8. The van der Waals surface area contributed by atoms with Crippen LogP contribution in [0.15, 0.2) is 0 Å². The van der Waals surface area contributed by atoms with Crippen LogP contribution in [0.1, 0.15) is 408 Å². The lowest BCUT2D eigenvalue weighted by Crippen LogP contribution is -2.30. The van der Waals surface area contributed by atoms with E-state index in [1.165, 1.54) is 212 Å². The van der Waals surface area contributed by atoms with Crippen LogP contribution in [0.25, 0.3) is 0 Å². The number of ether oxygens (including phenoxy) is 4. The molecule has 0 aromatic carbocycles. The monoisotopic (exact) mass is 1440 g/mol. The Bertz CT molecular complexity index is 1910. The van der Waals surface area contributed by atoms with Crippen molar-refractivity contribution in [2.24, 2.45) is 17.8 Å². The Labute approximate surface area is 600 Å². The van der Waals surface area contributed by atoms with E-state index >= 15 is 0 Å². The van der Waals surface area contributed by atoms with Crippen LogP contribution in [0.3, 0.4) is 0 Å². The molecule has 0 aliphatic carbocycles. The van der Waals surface area contributed by atoms with E-state index in [2.05, 4.69) is 48.5 Å². The van der Waals surface area contributed by atoms with E-state index in [0.29, 0.717) is 25.7 Å². The van der Waals surface area contributed by atoms with Gasteiger partial charge in [0.25, 0.3) is 0 Å². The summed E-state index contributed by atoms with van der Waals surface area (Å²) in [7, 11) is -9.92. The van der Waals surface area contributed by atoms with Gasteiger partial charge in [-0.25, -0.2) is 9.13 Å². The Hall–Kier alpha value is -1.94. The van der Waals surface area contributed by atoms with Crippen molar-refractivity contribution in [3.8, 4) is 0 Å². The maximum absolute atomic E-state index is 13.1. The van der Waals surface area contributed by atoms with Crippen LogP contribution in [0.2, 0.25) is 0 Å². The van der Waals surface area contributed by atoms with E-state index in [1.807, 2.05) is 0 Å². The van der Waals surface area contributed by atoms with Gasteiger partial charge in [-0.1, -0.05) is 357 Å². The first kappa shape index (κ1) is 96.1. The fraction of sp³-hybridized carbons (Fsp3) is 0.949. The molecule has 0 aromatic rings. The molecule has 3 N–H and O–H groups in total. The van der Waals surface area contributed by atoms with Gasteiger partial charge in [0.2, 0.25) is 0 Å². The quantitative estimate of drug-likeness (QED) is 0.0222. The van der Waals surface area contributed by atoms with Crippen LogP contribution >= 0.6 is 15.6 Å². The Balaban J connectivity index is 5.25. The molecule has 98 heavy (non-hydrogen) atoms. The Morgan fingerprint density at radius 2 is 0.520 bits per heavy atom. The van der Waals surface area contributed by atoms with Crippen molar-refractivity contribution in [1.82, 2.24) is 0 Å². The Morgan fingerprint density at radius 1 is 0.296 bits per heavy atom. The Kier molecular flexibility index (Phi) is 68.1. The molecule has 0 saturated carbocycles. The van der Waals surface area contributed by atoms with Crippen molar-refractivity contribution in [3.05, 3.63) is 0 Å². The predicted octanol–water partition coefficient (Wildman–Crippen LogP) is 23.4. The van der Waals surface area contributed by atoms with Crippen LogP contribution in [0, 0.1) is 17.8 Å². The van der Waals surface area contributed by atoms with Crippen LogP contribution in [0.4, 0.5) is 0 Å². The fourth-order valence-corrected chi connectivity index (χ4v) is 13.7. The average Bonchev–Trinajstić information content (AvgIpc) is 0.981. The second-order valence-corrected chi connectivity index (χ2v) is 32.6. The molecule has 0 spiro atoms. The molecule has 0 saturated heterocycles. The highest BCUT2D eigenvalue weighted by molar-refractivity contribution is 7.47. The minimum atomic E-state index is -4.96. The fourth-order valence-electron chi connectivity index (χ4n) is 12.1. The van der Waals surface area contributed by atoms with Gasteiger partial charge in [0.15, 0.2) is 12.2 Å². The zero-order valence-electron chi connectivity index (χ0n) is 64.3. The average molecular weight is 1440 g/mol. The molecule has 17 nitrogen and oxygen atoms in total. The second-order valence-electron chi connectivity index (χ2n) is 29.6. The van der Waals surface area contributed by atoms with Gasteiger partial charge in [0, 0.05) is 25.7 Å². The number of esters is 4. The molecular weight excluding hydrogens is 1280 g/mol. The van der Waals surface area contributed by atoms with Crippen molar-refractivity contribution in [2.45, 2.75) is 426 Å². The minimum Gasteiger partial charge on any atom is -0.462 e. The zero-order valence-corrected chi connectivity index (χ0v) is 66.0. The highest BCUT2D eigenvalue weighted by Crippen LogP contribution is 2.45. The van der Waals surface area contributed by atoms with Crippen LogP contribution in [-0.2, 0) is 65.4 Å². The molecule has 0 aliphatic rings. The van der Waals surface area contributed by atoms with Gasteiger partial charge in [-0.15, -0.1) is 0 Å². The predicted molar refractivity (Wildman–Crippen MR) is 400 cm³/mol. The SMILES string of the molecule is CCCCCCCCCCCCCCCCC(=O)O[C@H](COC(=O)CCCCCCCCC(C)CC)COP(=O)(O)OC[C@H](O)COP(=O)(O)OC[C@@H](COC(=O)CCCCCCCCCCCCCCCC(C)C)OC(=O)CCCCCCCCCCCCCCCCCC(C)C. The van der Waals surface area contributed by atoms with Gasteiger partial charge in [-0.3, -0.25) is 37.3 Å². The molecule has 0 rings (SSSR count). The molecule has 3 unspecified atom stereocenters. The number of rotatable bonds is 77. The number of carbonyl (C=O) groups excluding carboxylic acids is 4. The lowest BCUT2D eigenvalue weighted by Gasteiger charge is -2.21. The van der Waals surface area contributed by atoms with E-state index in [1.54, 1.807) is 0 Å². The molecule has 0 amide bonds. The number of aliphatic hydroxyl groups is 1. The number of phosphoric ester groups is 2. The van der Waals surface area contributed by atoms with Gasteiger partial charge in [-0.05, 0) is 43.4 Å². The highest BCUT2D eigenvalue weighted by Gasteiger charge is 2.30. The smallest absolute Gasteiger partial charge is 0.462 e. The summed E-state index contributed by atoms with van der Waals surface area (Å²) in [6.45, 7) is 11.9. The van der Waals surface area contributed by atoms with E-state index in [4.69, 9.17) is 37.0 Å². The summed E-state index contributed by atoms with van der Waals surface area (Å²) < 4.78 is 68.7. The highest BCUT2D eigenvalue weighted by atomic mass is 31.2. The van der Waals surface area contributed by atoms with Gasteiger partial charge in [-0.2, -0.15) is 0 Å². The van der Waals surface area contributed by atoms with E-state index in [0.717, 1.165) is 114 Å². The molecule has 0 radical (unpaired) electrons. The normalized spacial score (nSPS) is 14.3. The number of unbranched alkanes of at least 4 members (excludes halogenated alkanes) is 44. The third kappa shape index (κ3) is 71.1. The number of carbonyl (C=O) groups is 4. The van der Waals surface area contributed by atoms with E-state index < -0.39 is 97.5 Å². The van der Waals surface area contributed by atoms with E-state index in [9.17, 15) is 43.2 Å². The van der Waals surface area contributed by atoms with E-state index in [-0.39, 0.29) is 25.7 Å². The third-order valence-corrected chi connectivity index (χ3v) is 20.6. The molecule has 0 aliphatic heterocycles. The third-order valence-electron chi connectivity index (χ3n) is 18.7. The first-order valence-electron chi connectivity index (χ1n) is 40.9. The molecule has 6 atom stereocenters. The van der Waals surface area contributed by atoms with Crippen molar-refractivity contribution >= 4 is 39.5 Å². The summed E-state index contributed by atoms with van der Waals surface area (Å²) in [6, 6.07) is 0.